The Balaban J connectivity index is 2.83. The van der Waals surface area contributed by atoms with Crippen LogP contribution in [-0.2, 0) is 9.53 Å². The summed E-state index contributed by atoms with van der Waals surface area (Å²) >= 11 is 0. The van der Waals surface area contributed by atoms with Gasteiger partial charge in [-0.2, -0.15) is 0 Å². The minimum absolute atomic E-state index is 0.203. The minimum atomic E-state index is -1.58. The number of hydrogen-bond acceptors (Lipinski definition) is 6. The molecule has 0 saturated carbocycles. The molecule has 4 atom stereocenters. The first kappa shape index (κ1) is 11.5. The highest BCUT2D eigenvalue weighted by atomic mass is 16.5. The first-order valence-electron chi connectivity index (χ1n) is 4.32. The maximum atomic E-state index is 11.1. The molecule has 1 fully saturated rings. The van der Waals surface area contributed by atoms with Crippen LogP contribution in [0.4, 0.5) is 0 Å². The molecule has 6 heteroatoms. The molecule has 0 aromatic carbocycles. The molecule has 6 nitrogen and oxygen atoms in total. The zero-order valence-corrected chi connectivity index (χ0v) is 7.88. The average molecular weight is 205 g/mol. The predicted molar refractivity (Wildman–Crippen MR) is 46.4 cm³/mol. The number of aliphatic hydroxyl groups is 3. The van der Waals surface area contributed by atoms with E-state index >= 15 is 0 Å². The fourth-order valence-corrected chi connectivity index (χ4v) is 1.41. The average Bonchev–Trinajstić information content (AvgIpc) is 2.14. The summed E-state index contributed by atoms with van der Waals surface area (Å²) in [6.07, 6.45) is -3.64. The SMILES string of the molecule is CC(=O)[C@]1(N)CO[C@H](CO)[C@@H](O)[C@@H]1O. The van der Waals surface area contributed by atoms with E-state index in [0.717, 1.165) is 0 Å². The fraction of sp³-hybridized carbons (Fsp3) is 0.875. The van der Waals surface area contributed by atoms with Crippen LogP contribution < -0.4 is 5.73 Å². The number of Topliss-reactive ketones (excluding diaryl/α,β-unsaturated/α-hetero) is 1. The van der Waals surface area contributed by atoms with Crippen molar-refractivity contribution in [3.8, 4) is 0 Å². The smallest absolute Gasteiger partial charge is 0.154 e. The molecule has 0 radical (unpaired) electrons. The van der Waals surface area contributed by atoms with E-state index in [0.29, 0.717) is 0 Å². The molecule has 82 valence electrons. The van der Waals surface area contributed by atoms with E-state index < -0.39 is 36.2 Å². The van der Waals surface area contributed by atoms with Crippen molar-refractivity contribution < 1.29 is 24.9 Å². The lowest BCUT2D eigenvalue weighted by atomic mass is 9.83. The van der Waals surface area contributed by atoms with E-state index in [9.17, 15) is 15.0 Å². The maximum Gasteiger partial charge on any atom is 0.154 e. The predicted octanol–water partition coefficient (Wildman–Crippen LogP) is -2.61. The summed E-state index contributed by atoms with van der Waals surface area (Å²) in [7, 11) is 0. The molecule has 1 heterocycles. The monoisotopic (exact) mass is 205 g/mol. The standard InChI is InChI=1S/C8H15NO5/c1-4(11)8(9)3-14-5(2-10)6(12)7(8)13/h5-7,10,12-13H,2-3,9H2,1H3/t5-,6-,7+,8-/m1/s1. The van der Waals surface area contributed by atoms with Crippen LogP contribution in [0.25, 0.3) is 0 Å². The second kappa shape index (κ2) is 3.92. The highest BCUT2D eigenvalue weighted by Crippen LogP contribution is 2.22. The molecule has 1 aliphatic heterocycles. The van der Waals surface area contributed by atoms with Crippen molar-refractivity contribution >= 4 is 5.78 Å². The summed E-state index contributed by atoms with van der Waals surface area (Å²) in [6.45, 7) is 0.594. The number of nitrogens with two attached hydrogens (primary N) is 1. The lowest BCUT2D eigenvalue weighted by molar-refractivity contribution is -0.185. The van der Waals surface area contributed by atoms with Crippen molar-refractivity contribution in [2.24, 2.45) is 5.73 Å². The van der Waals surface area contributed by atoms with Gasteiger partial charge in [0.2, 0.25) is 0 Å². The van der Waals surface area contributed by atoms with E-state index in [1.54, 1.807) is 0 Å². The van der Waals surface area contributed by atoms with Crippen molar-refractivity contribution in [1.82, 2.24) is 0 Å². The fourth-order valence-electron chi connectivity index (χ4n) is 1.41. The van der Waals surface area contributed by atoms with E-state index in [4.69, 9.17) is 15.6 Å². The molecule has 0 aromatic heterocycles. The van der Waals surface area contributed by atoms with Crippen LogP contribution in [0.2, 0.25) is 0 Å². The van der Waals surface area contributed by atoms with Gasteiger partial charge in [0.05, 0.1) is 13.2 Å². The van der Waals surface area contributed by atoms with Gasteiger partial charge in [0, 0.05) is 0 Å². The normalized spacial score (nSPS) is 43.6. The number of aliphatic hydroxyl groups excluding tert-OH is 3. The van der Waals surface area contributed by atoms with Crippen molar-refractivity contribution in [2.75, 3.05) is 13.2 Å². The molecule has 0 aromatic rings. The van der Waals surface area contributed by atoms with Crippen LogP contribution in [-0.4, -0.2) is 58.2 Å². The summed E-state index contributed by atoms with van der Waals surface area (Å²) in [5.74, 6) is -0.458. The lowest BCUT2D eigenvalue weighted by Gasteiger charge is -2.42. The molecule has 1 aliphatic rings. The number of rotatable bonds is 2. The Bertz CT molecular complexity index is 234. The minimum Gasteiger partial charge on any atom is -0.394 e. The Morgan fingerprint density at radius 2 is 2.21 bits per heavy atom. The Labute approximate surface area is 81.3 Å². The van der Waals surface area contributed by atoms with E-state index in [1.807, 2.05) is 0 Å². The topological polar surface area (TPSA) is 113 Å². The maximum absolute atomic E-state index is 11.1. The third kappa shape index (κ3) is 1.67. The summed E-state index contributed by atoms with van der Waals surface area (Å²) in [6, 6.07) is 0. The molecule has 1 rings (SSSR count). The van der Waals surface area contributed by atoms with Gasteiger partial charge in [-0.3, -0.25) is 4.79 Å². The molecular formula is C8H15NO5. The van der Waals surface area contributed by atoms with Crippen LogP contribution in [0.1, 0.15) is 6.92 Å². The highest BCUT2D eigenvalue weighted by Gasteiger charge is 2.49. The Morgan fingerprint density at radius 3 is 2.64 bits per heavy atom. The van der Waals surface area contributed by atoms with Gasteiger partial charge >= 0.3 is 0 Å². The van der Waals surface area contributed by atoms with Crippen LogP contribution in [0.5, 0.6) is 0 Å². The van der Waals surface area contributed by atoms with E-state index in [2.05, 4.69) is 0 Å². The van der Waals surface area contributed by atoms with Gasteiger partial charge < -0.3 is 25.8 Å². The van der Waals surface area contributed by atoms with Crippen molar-refractivity contribution in [3.05, 3.63) is 0 Å². The molecular weight excluding hydrogens is 190 g/mol. The first-order chi connectivity index (χ1) is 6.43. The van der Waals surface area contributed by atoms with E-state index in [-0.39, 0.29) is 6.61 Å². The number of ketones is 1. The van der Waals surface area contributed by atoms with Crippen molar-refractivity contribution in [3.63, 3.8) is 0 Å². The summed E-state index contributed by atoms with van der Waals surface area (Å²) < 4.78 is 4.98. The number of carbonyl (C=O) groups is 1. The molecule has 14 heavy (non-hydrogen) atoms. The van der Waals surface area contributed by atoms with E-state index in [1.165, 1.54) is 6.92 Å². The summed E-state index contributed by atoms with van der Waals surface area (Å²) in [5, 5.41) is 27.8. The Kier molecular flexibility index (Phi) is 3.23. The van der Waals surface area contributed by atoms with Gasteiger partial charge in [-0.25, -0.2) is 0 Å². The Morgan fingerprint density at radius 1 is 1.64 bits per heavy atom. The lowest BCUT2D eigenvalue weighted by Crippen LogP contribution is -2.69. The van der Waals surface area contributed by atoms with Gasteiger partial charge in [0.15, 0.2) is 5.78 Å². The largest absolute Gasteiger partial charge is 0.394 e. The molecule has 5 N–H and O–H groups in total. The quantitative estimate of drug-likeness (QED) is 0.393. The van der Waals surface area contributed by atoms with Crippen LogP contribution in [0.3, 0.4) is 0 Å². The van der Waals surface area contributed by atoms with Crippen molar-refractivity contribution in [2.45, 2.75) is 30.8 Å². The third-order valence-electron chi connectivity index (χ3n) is 2.60. The molecule has 0 amide bonds. The van der Waals surface area contributed by atoms with Crippen LogP contribution >= 0.6 is 0 Å². The van der Waals surface area contributed by atoms with Crippen molar-refractivity contribution in [1.29, 1.82) is 0 Å². The highest BCUT2D eigenvalue weighted by molar-refractivity contribution is 5.87. The third-order valence-corrected chi connectivity index (χ3v) is 2.60. The number of hydrogen-bond donors (Lipinski definition) is 4. The number of carbonyl (C=O) groups excluding carboxylic acids is 1. The number of ether oxygens (including phenoxy) is 1. The molecule has 0 aliphatic carbocycles. The molecule has 1 saturated heterocycles. The summed E-state index contributed by atoms with van der Waals surface area (Å²) in [4.78, 5) is 11.1. The van der Waals surface area contributed by atoms with Gasteiger partial charge in [0.1, 0.15) is 23.9 Å². The van der Waals surface area contributed by atoms with Gasteiger partial charge in [-0.15, -0.1) is 0 Å². The van der Waals surface area contributed by atoms with Crippen LogP contribution in [0, 0.1) is 0 Å². The second-order valence-corrected chi connectivity index (χ2v) is 3.56. The summed E-state index contributed by atoms with van der Waals surface area (Å²) in [5.41, 5.74) is 4.01. The zero-order valence-electron chi connectivity index (χ0n) is 7.88. The van der Waals surface area contributed by atoms with Gasteiger partial charge in [-0.05, 0) is 6.92 Å². The Hall–Kier alpha value is -0.530. The first-order valence-corrected chi connectivity index (χ1v) is 4.32. The molecule has 0 spiro atoms. The second-order valence-electron chi connectivity index (χ2n) is 3.56. The zero-order chi connectivity index (χ0) is 10.9. The van der Waals surface area contributed by atoms with Crippen LogP contribution in [0.15, 0.2) is 0 Å². The van der Waals surface area contributed by atoms with Gasteiger partial charge in [0.25, 0.3) is 0 Å². The molecule has 0 unspecified atom stereocenters. The molecule has 0 bridgehead atoms. The van der Waals surface area contributed by atoms with Gasteiger partial charge in [-0.1, -0.05) is 0 Å².